The molecule has 1 aromatic carbocycles. The normalized spacial score (nSPS) is 18.5. The highest BCUT2D eigenvalue weighted by molar-refractivity contribution is 9.11. The molecule has 2 amide bonds. The van der Waals surface area contributed by atoms with E-state index in [1.807, 2.05) is 6.20 Å². The highest BCUT2D eigenvalue weighted by atomic mass is 79.9. The SMILES string of the molecule is O=C(CCCCCCc1cn([C@@H]2C[C@H](n3cc(/C=C/Br)c(=O)[nH]c3=O)O[C@@H]2CO)nn1)NCCN1CCC(C(=O)Nc2nc3c(F)cc(N(CCO)S(=O)(=O)c4cccs4)cc3s2)CC1. The third kappa shape index (κ3) is 11.8. The number of unbranched alkanes of at least 4 members (excludes halogenated alkanes) is 3. The van der Waals surface area contributed by atoms with Gasteiger partial charge in [0.2, 0.25) is 11.8 Å². The third-order valence-electron chi connectivity index (χ3n) is 11.4. The van der Waals surface area contributed by atoms with Gasteiger partial charge in [-0.15, -0.1) is 16.4 Å². The van der Waals surface area contributed by atoms with Crippen molar-refractivity contribution in [3.63, 3.8) is 0 Å². The van der Waals surface area contributed by atoms with Crippen molar-refractivity contribution in [2.75, 3.05) is 55.6 Å². The van der Waals surface area contributed by atoms with E-state index in [-0.39, 0.29) is 63.0 Å². The van der Waals surface area contributed by atoms with Crippen LogP contribution in [-0.2, 0) is 30.8 Å². The lowest BCUT2D eigenvalue weighted by molar-refractivity contribution is -0.121. The minimum absolute atomic E-state index is 0.0110. The van der Waals surface area contributed by atoms with Gasteiger partial charge in [0.05, 0.1) is 47.4 Å². The molecule has 3 atom stereocenters. The van der Waals surface area contributed by atoms with Gasteiger partial charge in [-0.1, -0.05) is 51.4 Å². The Morgan fingerprint density at radius 3 is 2.66 bits per heavy atom. The highest BCUT2D eigenvalue weighted by Gasteiger charge is 2.38. The number of carbonyl (C=O) groups is 2. The summed E-state index contributed by atoms with van der Waals surface area (Å²) in [5.74, 6) is -1.26. The Hall–Kier alpha value is -4.69. The van der Waals surface area contributed by atoms with Crippen molar-refractivity contribution in [3.05, 3.63) is 84.9 Å². The maximum Gasteiger partial charge on any atom is 0.330 e. The summed E-state index contributed by atoms with van der Waals surface area (Å²) in [6.45, 7) is 1.47. The lowest BCUT2D eigenvalue weighted by Crippen LogP contribution is -2.41. The summed E-state index contributed by atoms with van der Waals surface area (Å²) >= 11 is 5.21. The van der Waals surface area contributed by atoms with Gasteiger partial charge in [0, 0.05) is 50.3 Å². The van der Waals surface area contributed by atoms with E-state index in [0.29, 0.717) is 63.0 Å². The minimum atomic E-state index is -4.03. The van der Waals surface area contributed by atoms with E-state index >= 15 is 4.39 Å². The van der Waals surface area contributed by atoms with Gasteiger partial charge >= 0.3 is 5.69 Å². The molecule has 6 heterocycles. The number of aryl methyl sites for hydroxylation is 1. The largest absolute Gasteiger partial charge is 0.394 e. The van der Waals surface area contributed by atoms with Crippen molar-refractivity contribution in [2.45, 2.75) is 80.4 Å². The Morgan fingerprint density at radius 1 is 1.12 bits per heavy atom. The van der Waals surface area contributed by atoms with Crippen molar-refractivity contribution in [1.82, 2.24) is 39.7 Å². The zero-order valence-corrected chi connectivity index (χ0v) is 39.2. The number of likely N-dealkylation sites (tertiary alicyclic amines) is 1. The van der Waals surface area contributed by atoms with Crippen LogP contribution in [0.2, 0.25) is 0 Å². The number of anilines is 2. The van der Waals surface area contributed by atoms with Crippen LogP contribution in [0.3, 0.4) is 0 Å². The number of aliphatic hydroxyl groups is 2. The van der Waals surface area contributed by atoms with Gasteiger partial charge in [-0.2, -0.15) is 0 Å². The topological polar surface area (TPSA) is 247 Å². The summed E-state index contributed by atoms with van der Waals surface area (Å²) in [5, 5.41) is 35.8. The summed E-state index contributed by atoms with van der Waals surface area (Å²) in [4.78, 5) is 60.7. The number of thiophene rings is 1. The van der Waals surface area contributed by atoms with Gasteiger partial charge in [0.15, 0.2) is 10.9 Å². The van der Waals surface area contributed by atoms with Crippen LogP contribution >= 0.6 is 38.6 Å². The Morgan fingerprint density at radius 2 is 1.92 bits per heavy atom. The van der Waals surface area contributed by atoms with E-state index in [1.165, 1.54) is 34.0 Å². The van der Waals surface area contributed by atoms with Gasteiger partial charge in [0.25, 0.3) is 15.6 Å². The van der Waals surface area contributed by atoms with E-state index in [4.69, 9.17) is 4.74 Å². The van der Waals surface area contributed by atoms with Crippen molar-refractivity contribution in [1.29, 1.82) is 0 Å². The Kier molecular flexibility index (Phi) is 16.5. The van der Waals surface area contributed by atoms with Crippen molar-refractivity contribution in [2.24, 2.45) is 5.92 Å². The quantitative estimate of drug-likeness (QED) is 0.0654. The molecule has 7 rings (SSSR count). The van der Waals surface area contributed by atoms with Crippen molar-refractivity contribution >= 4 is 87.6 Å². The molecule has 0 aliphatic carbocycles. The maximum atomic E-state index is 15.3. The number of halogens is 2. The summed E-state index contributed by atoms with van der Waals surface area (Å²) in [5.41, 5.74) is -0.0137. The molecule has 2 aliphatic rings. The number of hydrogen-bond donors (Lipinski definition) is 5. The molecule has 350 valence electrons. The second-order valence-electron chi connectivity index (χ2n) is 15.7. The first kappa shape index (κ1) is 48.2. The maximum absolute atomic E-state index is 15.3. The predicted molar refractivity (Wildman–Crippen MR) is 247 cm³/mol. The molecule has 0 bridgehead atoms. The number of aliphatic hydroxyl groups excluding tert-OH is 2. The summed E-state index contributed by atoms with van der Waals surface area (Å²) in [6, 6.07) is 5.23. The first-order chi connectivity index (χ1) is 31.4. The summed E-state index contributed by atoms with van der Waals surface area (Å²) < 4.78 is 52.1. The number of aromatic nitrogens is 6. The lowest BCUT2D eigenvalue weighted by Gasteiger charge is -2.31. The first-order valence-corrected chi connectivity index (χ1v) is 25.3. The van der Waals surface area contributed by atoms with E-state index in [1.54, 1.807) is 16.1 Å². The van der Waals surface area contributed by atoms with Crippen LogP contribution in [0.1, 0.15) is 74.9 Å². The molecule has 0 radical (unpaired) electrons. The van der Waals surface area contributed by atoms with E-state index in [2.05, 4.69) is 51.7 Å². The molecule has 2 saturated heterocycles. The zero-order chi connectivity index (χ0) is 46.1. The standard InChI is InChI=1S/C41H50BrFN10O9S3/c42-12-9-27-23-51(41(59)47-39(27)58)35-22-31(32(25-55)62-35)52-24-28(48-49-52)6-3-1-2-4-7-34(56)44-13-16-50-14-10-26(11-15-50)38(57)46-40-45-37-30(43)20-29(21-33(37)64-40)53(17-18-54)65(60,61)36-8-5-19-63-36/h5,8-9,12,19-21,23-24,26,31-32,35,54-55H,1-4,6-7,10-11,13-18,22,25H2,(H,44,56)(H,45,46,57)(H,47,58,59)/b12-9+/t31-,32-,35-/m1/s1. The van der Waals surface area contributed by atoms with Crippen molar-refractivity contribution in [3.8, 4) is 0 Å². The van der Waals surface area contributed by atoms with Crippen LogP contribution in [-0.4, -0.2) is 117 Å². The van der Waals surface area contributed by atoms with Gasteiger partial charge in [-0.3, -0.25) is 28.2 Å². The predicted octanol–water partition coefficient (Wildman–Crippen LogP) is 3.97. The number of ether oxygens (including phenoxy) is 1. The Balaban J connectivity index is 0.775. The molecule has 65 heavy (non-hydrogen) atoms. The number of fused-ring (bicyclic) bond motifs is 1. The van der Waals surface area contributed by atoms with Gasteiger partial charge in [-0.05, 0) is 73.8 Å². The number of nitrogens with zero attached hydrogens (tertiary/aromatic N) is 7. The van der Waals surface area contributed by atoms with Crippen LogP contribution < -0.4 is 26.2 Å². The molecule has 19 nitrogen and oxygen atoms in total. The van der Waals surface area contributed by atoms with E-state index in [0.717, 1.165) is 64.4 Å². The summed E-state index contributed by atoms with van der Waals surface area (Å²) in [7, 11) is -4.03. The van der Waals surface area contributed by atoms with Gasteiger partial charge < -0.3 is 30.5 Å². The number of benzene rings is 1. The Bertz CT molecular complexity index is 2680. The fourth-order valence-electron chi connectivity index (χ4n) is 8.00. The highest BCUT2D eigenvalue weighted by Crippen LogP contribution is 2.37. The fraction of sp³-hybridized carbons (Fsp3) is 0.488. The number of hydrogen-bond acceptors (Lipinski definition) is 15. The number of carbonyl (C=O) groups excluding carboxylic acids is 2. The van der Waals surface area contributed by atoms with Gasteiger partial charge in [0.1, 0.15) is 22.1 Å². The number of piperidine rings is 1. The van der Waals surface area contributed by atoms with Crippen molar-refractivity contribution < 1.29 is 37.3 Å². The van der Waals surface area contributed by atoms with Crippen LogP contribution in [0, 0.1) is 11.7 Å². The second-order valence-corrected chi connectivity index (χ2v) is 20.3. The lowest BCUT2D eigenvalue weighted by atomic mass is 9.96. The molecule has 4 aromatic heterocycles. The first-order valence-electron chi connectivity index (χ1n) is 21.2. The molecule has 24 heteroatoms. The number of sulfonamides is 1. The van der Waals surface area contributed by atoms with Crippen LogP contribution in [0.25, 0.3) is 16.3 Å². The van der Waals surface area contributed by atoms with Crippen LogP contribution in [0.15, 0.2) is 60.8 Å². The average Bonchev–Trinajstić information content (AvgIpc) is 4.13. The molecule has 0 saturated carbocycles. The number of amides is 2. The number of rotatable bonds is 21. The Labute approximate surface area is 389 Å². The molecular formula is C41H50BrFN10O9S3. The smallest absolute Gasteiger partial charge is 0.330 e. The minimum Gasteiger partial charge on any atom is -0.394 e. The monoisotopic (exact) mass is 1020 g/mol. The molecule has 5 aromatic rings. The molecule has 0 unspecified atom stereocenters. The number of H-pyrrole nitrogens is 1. The van der Waals surface area contributed by atoms with Gasteiger partial charge in [-0.25, -0.2) is 27.3 Å². The number of nitrogens with one attached hydrogen (secondary N) is 3. The second kappa shape index (κ2) is 22.2. The summed E-state index contributed by atoms with van der Waals surface area (Å²) in [6.07, 6.45) is 9.45. The number of thiazole rings is 1. The average molecular weight is 1020 g/mol. The molecule has 2 fully saturated rings. The fourth-order valence-corrected chi connectivity index (χ4v) is 11.7. The molecule has 2 aliphatic heterocycles. The molecule has 5 N–H and O–H groups in total. The van der Waals surface area contributed by atoms with E-state index in [9.17, 15) is 37.8 Å². The van der Waals surface area contributed by atoms with E-state index < -0.39 is 46.0 Å². The molecular weight excluding hydrogens is 972 g/mol. The number of aromatic amines is 1. The van der Waals surface area contributed by atoms with Crippen LogP contribution in [0.4, 0.5) is 15.2 Å². The zero-order valence-electron chi connectivity index (χ0n) is 35.2. The molecule has 0 spiro atoms. The van der Waals surface area contributed by atoms with Crippen LogP contribution in [0.5, 0.6) is 0 Å². The third-order valence-corrected chi connectivity index (χ3v) is 15.8.